The second kappa shape index (κ2) is 2.93. The van der Waals surface area contributed by atoms with Gasteiger partial charge in [-0.25, -0.2) is 0 Å². The number of halogens is 1. The summed E-state index contributed by atoms with van der Waals surface area (Å²) in [5, 5.41) is 6.10. The molecule has 0 rings (SSSR count). The highest BCUT2D eigenvalue weighted by molar-refractivity contribution is 9.11. The van der Waals surface area contributed by atoms with Crippen LogP contribution in [0.3, 0.4) is 0 Å². The molecule has 1 nitrogen and oxygen atoms in total. The van der Waals surface area contributed by atoms with Crippen LogP contribution in [-0.4, -0.2) is 5.87 Å². The van der Waals surface area contributed by atoms with E-state index in [1.54, 1.807) is 0 Å². The molecule has 22 valence electrons. The Hall–Kier alpha value is -0.0700. The second-order valence-electron chi connectivity index (χ2n) is 0.253. The van der Waals surface area contributed by atoms with Gasteiger partial charge >= 0.3 is 0 Å². The lowest BCUT2D eigenvalue weighted by atomic mass is 10.5. The Morgan fingerprint density at radius 3 is 2.25 bits per heavy atom. The Kier molecular flexibility index (Phi) is 2.88. The summed E-state index contributed by atoms with van der Waals surface area (Å²) in [4.78, 5) is 1.35. The minimum Gasteiger partial charge on any atom is -0.258 e. The standard InChI is InChI=1S/C2H2BrN/c3-1-2-4/h1,4H/i2-1. The van der Waals surface area contributed by atoms with Crippen LogP contribution in [0.5, 0.6) is 0 Å². The highest BCUT2D eigenvalue weighted by Crippen LogP contribution is 1.67. The normalized spacial score (nSPS) is 4.25. The monoisotopic (exact) mass is 118 g/mol. The predicted molar refractivity (Wildman–Crippen MR) is 21.2 cm³/mol. The Balaban J connectivity index is 3.11. The minimum atomic E-state index is 1.35. The smallest absolute Gasteiger partial charge is 0.0421 e. The van der Waals surface area contributed by atoms with Crippen LogP contribution in [-0.2, 0) is 0 Å². The second-order valence-corrected chi connectivity index (χ2v) is 0.711. The SMILES string of the molecule is N=[11C]=CBr. The summed E-state index contributed by atoms with van der Waals surface area (Å²) in [5.41, 5.74) is 0. The van der Waals surface area contributed by atoms with Gasteiger partial charge < -0.3 is 0 Å². The molecule has 0 aliphatic rings. The van der Waals surface area contributed by atoms with Gasteiger partial charge in [0, 0.05) is 4.99 Å². The lowest BCUT2D eigenvalue weighted by Crippen LogP contribution is -1.22. The van der Waals surface area contributed by atoms with Crippen LogP contribution in [0.2, 0.25) is 0 Å². The molecule has 0 radical (unpaired) electrons. The molecule has 0 bridgehead atoms. The molecule has 0 fully saturated rings. The fraction of sp³-hybridized carbons (Fsp3) is 0. The topological polar surface area (TPSA) is 23.9 Å². The van der Waals surface area contributed by atoms with Gasteiger partial charge in [0.15, 0.2) is 0 Å². The van der Waals surface area contributed by atoms with E-state index in [9.17, 15) is 0 Å². The fourth-order valence-electron chi connectivity index (χ4n) is 0. The first kappa shape index (κ1) is 3.93. The molecule has 0 aromatic rings. The van der Waals surface area contributed by atoms with Crippen molar-refractivity contribution in [3.05, 3.63) is 4.99 Å². The molecule has 4 heavy (non-hydrogen) atoms. The van der Waals surface area contributed by atoms with Crippen LogP contribution >= 0.6 is 15.9 Å². The zero-order chi connectivity index (χ0) is 3.41. The van der Waals surface area contributed by atoms with Crippen molar-refractivity contribution in [3.8, 4) is 0 Å². The highest BCUT2D eigenvalue weighted by Gasteiger charge is 1.29. The van der Waals surface area contributed by atoms with E-state index in [4.69, 9.17) is 5.41 Å². The van der Waals surface area contributed by atoms with Crippen molar-refractivity contribution in [2.75, 3.05) is 0 Å². The summed E-state index contributed by atoms with van der Waals surface area (Å²) < 4.78 is 0. The Morgan fingerprint density at radius 2 is 2.25 bits per heavy atom. The Bertz CT molecular complexity index is 44.0. The molecule has 0 aromatic carbocycles. The van der Waals surface area contributed by atoms with E-state index < -0.39 is 0 Å². The number of hydrogen-bond acceptors (Lipinski definition) is 1. The molecule has 0 aromatic heterocycles. The summed E-state index contributed by atoms with van der Waals surface area (Å²) >= 11 is 2.82. The molecule has 0 saturated carbocycles. The van der Waals surface area contributed by atoms with Crippen LogP contribution in [0.1, 0.15) is 0 Å². The zero-order valence-electron chi connectivity index (χ0n) is 1.96. The van der Waals surface area contributed by atoms with Crippen LogP contribution in [0.15, 0.2) is 4.99 Å². The Morgan fingerprint density at radius 1 is 2.00 bits per heavy atom. The lowest BCUT2D eigenvalue weighted by molar-refractivity contribution is 1.60. The molecule has 0 saturated heterocycles. The van der Waals surface area contributed by atoms with Gasteiger partial charge in [-0.1, -0.05) is 0 Å². The molecule has 0 aliphatic heterocycles. The van der Waals surface area contributed by atoms with Crippen molar-refractivity contribution in [2.45, 2.75) is 0 Å². The molecule has 2 heteroatoms. The van der Waals surface area contributed by atoms with Crippen molar-refractivity contribution in [3.63, 3.8) is 0 Å². The van der Waals surface area contributed by atoms with Crippen molar-refractivity contribution in [1.29, 1.82) is 5.41 Å². The average Bonchev–Trinajstić information content (AvgIpc) is 1.37. The van der Waals surface area contributed by atoms with E-state index in [1.165, 1.54) is 4.99 Å². The van der Waals surface area contributed by atoms with Crippen LogP contribution in [0.4, 0.5) is 0 Å². The van der Waals surface area contributed by atoms with Crippen molar-refractivity contribution in [1.82, 2.24) is 0 Å². The van der Waals surface area contributed by atoms with Gasteiger partial charge in [0.05, 0.1) is 0 Å². The quantitative estimate of drug-likeness (QED) is 0.462. The van der Waals surface area contributed by atoms with Crippen molar-refractivity contribution >= 4 is 21.8 Å². The van der Waals surface area contributed by atoms with Gasteiger partial charge in [0.25, 0.3) is 0 Å². The third kappa shape index (κ3) is 1.93. The van der Waals surface area contributed by atoms with E-state index in [0.29, 0.717) is 0 Å². The minimum absolute atomic E-state index is 1.35. The molecule has 0 atom stereocenters. The van der Waals surface area contributed by atoms with Crippen molar-refractivity contribution in [2.24, 2.45) is 0 Å². The molecule has 0 unspecified atom stereocenters. The van der Waals surface area contributed by atoms with Gasteiger partial charge in [0.2, 0.25) is 0 Å². The maximum Gasteiger partial charge on any atom is 0.0421 e. The third-order valence-electron chi connectivity index (χ3n) is 0.0546. The molecule has 0 amide bonds. The highest BCUT2D eigenvalue weighted by atomic mass is 79.9. The van der Waals surface area contributed by atoms with Gasteiger partial charge in [-0.05, 0) is 21.8 Å². The lowest BCUT2D eigenvalue weighted by Gasteiger charge is -1.33. The number of hydrogen-bond donors (Lipinski definition) is 1. The summed E-state index contributed by atoms with van der Waals surface area (Å²) in [5.74, 6) is 1.97. The maximum absolute atomic E-state index is 6.10. The van der Waals surface area contributed by atoms with Crippen molar-refractivity contribution < 1.29 is 0 Å². The summed E-state index contributed by atoms with van der Waals surface area (Å²) in [7, 11) is 0. The predicted octanol–water partition coefficient (Wildman–Crippen LogP) is 1.14. The summed E-state index contributed by atoms with van der Waals surface area (Å²) in [6.07, 6.45) is 0. The summed E-state index contributed by atoms with van der Waals surface area (Å²) in [6, 6.07) is 0. The molecular formula is C2H2BrN. The average molecular weight is 119 g/mol. The van der Waals surface area contributed by atoms with Gasteiger partial charge in [-0.15, -0.1) is 0 Å². The zero-order valence-corrected chi connectivity index (χ0v) is 3.54. The fourth-order valence-corrected chi connectivity index (χ4v) is 0. The van der Waals surface area contributed by atoms with E-state index in [-0.39, 0.29) is 0 Å². The Labute approximate surface area is 33.0 Å². The number of rotatable bonds is 0. The van der Waals surface area contributed by atoms with Gasteiger partial charge in [-0.3, -0.25) is 5.41 Å². The van der Waals surface area contributed by atoms with E-state index in [2.05, 4.69) is 15.9 Å². The van der Waals surface area contributed by atoms with Crippen LogP contribution in [0.25, 0.3) is 0 Å². The molecule has 0 heterocycles. The van der Waals surface area contributed by atoms with E-state index >= 15 is 0 Å². The first-order chi connectivity index (χ1) is 1.91. The maximum atomic E-state index is 6.10. The first-order valence-corrected chi connectivity index (χ1v) is 1.67. The third-order valence-corrected chi connectivity index (χ3v) is 0.283. The number of nitrogens with one attached hydrogen (secondary N) is 1. The van der Waals surface area contributed by atoms with Crippen LogP contribution in [0, 0.1) is 5.41 Å². The van der Waals surface area contributed by atoms with Gasteiger partial charge in [-0.2, -0.15) is 0 Å². The molecule has 0 spiro atoms. The largest absolute Gasteiger partial charge is 0.258 e. The molecule has 1 N–H and O–H groups in total. The first-order valence-electron chi connectivity index (χ1n) is 0.757. The van der Waals surface area contributed by atoms with Gasteiger partial charge in [0.1, 0.15) is 0 Å². The molecular weight excluding hydrogens is 117 g/mol. The molecule has 0 aliphatic carbocycles. The van der Waals surface area contributed by atoms with Crippen LogP contribution < -0.4 is 0 Å². The van der Waals surface area contributed by atoms with E-state index in [0.717, 1.165) is 0 Å². The summed E-state index contributed by atoms with van der Waals surface area (Å²) in [6.45, 7) is 0. The van der Waals surface area contributed by atoms with E-state index in [1.807, 2.05) is 5.87 Å².